The Labute approximate surface area is 198 Å². The van der Waals surface area contributed by atoms with Crippen LogP contribution in [0.25, 0.3) is 10.9 Å². The SMILES string of the molecule is O=C(NCn1occc1=O)c1cc2c(=O)n(C(=O)c3ccc4c(c3)S(=O)(=O)N([OH2+])C4=O)cnc2cn1. The molecule has 0 atom stereocenters. The number of carbonyl (C=O) groups is 3. The summed E-state index contributed by atoms with van der Waals surface area (Å²) < 4.78 is 30.7. The van der Waals surface area contributed by atoms with E-state index in [1.807, 2.05) is 0 Å². The van der Waals surface area contributed by atoms with Crippen LogP contribution in [0.2, 0.25) is 0 Å². The summed E-state index contributed by atoms with van der Waals surface area (Å²) in [4.78, 5) is 69.3. The van der Waals surface area contributed by atoms with Gasteiger partial charge in [0.25, 0.3) is 22.9 Å². The minimum atomic E-state index is -4.44. The second-order valence-electron chi connectivity index (χ2n) is 7.39. The lowest BCUT2D eigenvalue weighted by Crippen LogP contribution is -2.31. The lowest BCUT2D eigenvalue weighted by atomic mass is 10.1. The first-order valence-electron chi connectivity index (χ1n) is 9.89. The third-order valence-electron chi connectivity index (χ3n) is 5.29. The Balaban J connectivity index is 1.49. The summed E-state index contributed by atoms with van der Waals surface area (Å²) in [6.45, 7) is -0.292. The van der Waals surface area contributed by atoms with Gasteiger partial charge in [0.15, 0.2) is 0 Å². The van der Waals surface area contributed by atoms with Gasteiger partial charge in [-0.1, -0.05) is 0 Å². The van der Waals surface area contributed by atoms with Crippen LogP contribution >= 0.6 is 0 Å². The van der Waals surface area contributed by atoms with E-state index in [1.54, 1.807) is 0 Å². The Bertz CT molecular complexity index is 1840. The Morgan fingerprint density at radius 2 is 1.86 bits per heavy atom. The molecule has 1 aromatic carbocycles. The van der Waals surface area contributed by atoms with Crippen LogP contribution in [0.3, 0.4) is 0 Å². The molecule has 1 aliphatic rings. The lowest BCUT2D eigenvalue weighted by Gasteiger charge is -2.08. The van der Waals surface area contributed by atoms with E-state index in [0.29, 0.717) is 4.57 Å². The van der Waals surface area contributed by atoms with Gasteiger partial charge in [0.05, 0.1) is 22.7 Å². The highest BCUT2D eigenvalue weighted by atomic mass is 32.2. The van der Waals surface area contributed by atoms with Gasteiger partial charge >= 0.3 is 15.9 Å². The van der Waals surface area contributed by atoms with E-state index < -0.39 is 43.8 Å². The van der Waals surface area contributed by atoms with Crippen molar-refractivity contribution >= 4 is 38.6 Å². The third-order valence-corrected chi connectivity index (χ3v) is 6.83. The molecule has 16 heteroatoms. The molecular weight excluding hydrogens is 500 g/mol. The van der Waals surface area contributed by atoms with E-state index >= 15 is 0 Å². The summed E-state index contributed by atoms with van der Waals surface area (Å²) in [5.74, 6) is -2.76. The Morgan fingerprint density at radius 3 is 2.58 bits per heavy atom. The van der Waals surface area contributed by atoms with Crippen LogP contribution in [0.1, 0.15) is 31.2 Å². The number of sulfonamides is 1. The number of amides is 2. The molecule has 0 unspecified atom stereocenters. The molecule has 1 aliphatic heterocycles. The molecule has 0 bridgehead atoms. The van der Waals surface area contributed by atoms with Gasteiger partial charge in [-0.15, -0.1) is 0 Å². The zero-order valence-corrected chi connectivity index (χ0v) is 18.6. The summed E-state index contributed by atoms with van der Waals surface area (Å²) in [5, 5.41) is 9.67. The first kappa shape index (κ1) is 22.8. The molecule has 3 aromatic heterocycles. The molecule has 15 nitrogen and oxygen atoms in total. The zero-order chi connectivity index (χ0) is 25.8. The van der Waals surface area contributed by atoms with Gasteiger partial charge in [-0.2, -0.15) is 13.2 Å². The maximum Gasteiger partial charge on any atom is 0.337 e. The largest absolute Gasteiger partial charge is 0.382 e. The molecule has 3 N–H and O–H groups in total. The van der Waals surface area contributed by atoms with Gasteiger partial charge in [-0.3, -0.25) is 29.2 Å². The highest BCUT2D eigenvalue weighted by molar-refractivity contribution is 7.90. The predicted molar refractivity (Wildman–Crippen MR) is 117 cm³/mol. The van der Waals surface area contributed by atoms with Gasteiger partial charge in [-0.25, -0.2) is 14.5 Å². The number of nitrogens with one attached hydrogen (secondary N) is 1. The van der Waals surface area contributed by atoms with Crippen LogP contribution in [0.4, 0.5) is 0 Å². The van der Waals surface area contributed by atoms with Crippen molar-refractivity contribution in [1.82, 2.24) is 29.1 Å². The summed E-state index contributed by atoms with van der Waals surface area (Å²) in [6.07, 6.45) is 3.21. The first-order chi connectivity index (χ1) is 17.1. The van der Waals surface area contributed by atoms with Crippen LogP contribution in [0, 0.1) is 0 Å². The van der Waals surface area contributed by atoms with Crippen molar-refractivity contribution in [1.29, 1.82) is 0 Å². The quantitative estimate of drug-likeness (QED) is 0.309. The number of nitrogens with zero attached hydrogens (tertiary/aromatic N) is 5. The van der Waals surface area contributed by atoms with Gasteiger partial charge in [0, 0.05) is 16.1 Å². The van der Waals surface area contributed by atoms with Crippen molar-refractivity contribution < 1.29 is 32.5 Å². The van der Waals surface area contributed by atoms with Crippen LogP contribution in [-0.4, -0.2) is 55.1 Å². The van der Waals surface area contributed by atoms with Crippen molar-refractivity contribution in [2.75, 3.05) is 0 Å². The minimum Gasteiger partial charge on any atom is -0.382 e. The molecule has 36 heavy (non-hydrogen) atoms. The maximum absolute atomic E-state index is 13.0. The monoisotopic (exact) mass is 513 g/mol. The molecule has 0 spiro atoms. The predicted octanol–water partition coefficient (Wildman–Crippen LogP) is -1.59. The van der Waals surface area contributed by atoms with Crippen molar-refractivity contribution in [3.05, 3.63) is 86.6 Å². The molecule has 0 saturated heterocycles. The number of carbonyl (C=O) groups excluding carboxylic acids is 3. The molecule has 4 heterocycles. The third kappa shape index (κ3) is 3.48. The Kier molecular flexibility index (Phi) is 5.11. The number of hydrogen-bond donors (Lipinski definition) is 1. The van der Waals surface area contributed by atoms with Gasteiger partial charge in [-0.05, 0) is 24.3 Å². The number of fused-ring (bicyclic) bond motifs is 2. The second-order valence-corrected chi connectivity index (χ2v) is 9.14. The molecule has 0 aliphatic carbocycles. The number of hydrogen-bond acceptors (Lipinski definition) is 10. The Hall–Kier alpha value is -4.96. The Morgan fingerprint density at radius 1 is 1.08 bits per heavy atom. The molecule has 2 amide bonds. The molecule has 0 fully saturated rings. The summed E-state index contributed by atoms with van der Waals surface area (Å²) in [5.41, 5.74) is -2.00. The van der Waals surface area contributed by atoms with E-state index in [9.17, 15) is 32.4 Å². The van der Waals surface area contributed by atoms with Crippen molar-refractivity contribution in [3.8, 4) is 0 Å². The molecule has 4 aromatic rings. The topological polar surface area (TPSA) is 206 Å². The highest BCUT2D eigenvalue weighted by Gasteiger charge is 2.45. The number of aromatic nitrogens is 4. The lowest BCUT2D eigenvalue weighted by molar-refractivity contribution is 0.0111. The van der Waals surface area contributed by atoms with Crippen LogP contribution in [-0.2, 0) is 16.7 Å². The smallest absolute Gasteiger partial charge is 0.337 e. The fourth-order valence-corrected chi connectivity index (χ4v) is 4.66. The van der Waals surface area contributed by atoms with E-state index in [-0.39, 0.29) is 38.9 Å². The van der Waals surface area contributed by atoms with E-state index in [1.165, 1.54) is 0 Å². The fraction of sp³-hybridized carbons (Fsp3) is 0.0500. The standard InChI is InChI=1S/C20H12N6O9S/c27-16-3-4-35-25(16)9-23-17(28)13-6-12-14(7-21-13)22-8-24(19(12)30)18(29)10-1-2-11-15(5-10)36(33,34)26(32)20(11)31/h1-8,32H,9H2,(H,23,28)/p+1. The molecule has 0 radical (unpaired) electrons. The fourth-order valence-electron chi connectivity index (χ4n) is 3.44. The summed E-state index contributed by atoms with van der Waals surface area (Å²) in [6, 6.07) is 5.39. The van der Waals surface area contributed by atoms with E-state index in [2.05, 4.69) is 15.3 Å². The number of pyridine rings is 1. The first-order valence-corrected chi connectivity index (χ1v) is 11.3. The van der Waals surface area contributed by atoms with Crippen LogP contribution in [0.15, 0.2) is 68.1 Å². The van der Waals surface area contributed by atoms with Crippen molar-refractivity contribution in [2.24, 2.45) is 0 Å². The van der Waals surface area contributed by atoms with Gasteiger partial charge in [0.1, 0.15) is 29.8 Å². The zero-order valence-electron chi connectivity index (χ0n) is 17.7. The van der Waals surface area contributed by atoms with Crippen molar-refractivity contribution in [2.45, 2.75) is 11.6 Å². The van der Waals surface area contributed by atoms with Gasteiger partial charge < -0.3 is 9.84 Å². The number of rotatable bonds is 4. The molecule has 182 valence electrons. The van der Waals surface area contributed by atoms with E-state index in [4.69, 9.17) is 9.73 Å². The van der Waals surface area contributed by atoms with Crippen LogP contribution < -0.4 is 16.4 Å². The van der Waals surface area contributed by atoms with Gasteiger partial charge in [0.2, 0.25) is 0 Å². The number of benzene rings is 1. The average Bonchev–Trinajstić information content (AvgIpc) is 3.36. The second kappa shape index (κ2) is 8.07. The average molecular weight is 513 g/mol. The maximum atomic E-state index is 13.0. The molecule has 5 rings (SSSR count). The normalized spacial score (nSPS) is 14.1. The van der Waals surface area contributed by atoms with Crippen molar-refractivity contribution in [3.63, 3.8) is 0 Å². The highest BCUT2D eigenvalue weighted by Crippen LogP contribution is 2.29. The summed E-state index contributed by atoms with van der Waals surface area (Å²) >= 11 is 0. The summed E-state index contributed by atoms with van der Waals surface area (Å²) in [7, 11) is -4.44. The molecule has 0 saturated carbocycles. The molecular formula is C20H13N6O9S+. The number of hydroxylamine groups is 1. The van der Waals surface area contributed by atoms with Crippen LogP contribution in [0.5, 0.6) is 0 Å². The minimum absolute atomic E-state index is 0.0785. The van der Waals surface area contributed by atoms with E-state index in [0.717, 1.165) is 53.9 Å².